The number of aldehydes is 1. The van der Waals surface area contributed by atoms with Crippen molar-refractivity contribution in [3.8, 4) is 11.5 Å². The summed E-state index contributed by atoms with van der Waals surface area (Å²) in [5.74, 6) is 3.05. The lowest BCUT2D eigenvalue weighted by Gasteiger charge is -2.03. The minimum atomic E-state index is -1.41. The normalized spacial score (nSPS) is 11.0. The molecule has 0 aliphatic rings. The summed E-state index contributed by atoms with van der Waals surface area (Å²) in [5, 5.41) is 0. The fourth-order valence-electron chi connectivity index (χ4n) is 1.31. The molecule has 0 saturated heterocycles. The van der Waals surface area contributed by atoms with Crippen LogP contribution in [-0.4, -0.2) is 28.7 Å². The number of aromatic nitrogens is 3. The predicted molar refractivity (Wildman–Crippen MR) is 68.6 cm³/mol. The van der Waals surface area contributed by atoms with Gasteiger partial charge in [0.15, 0.2) is 11.9 Å². The van der Waals surface area contributed by atoms with Crippen LogP contribution in [0.4, 0.5) is 0 Å². The molecule has 0 aliphatic heterocycles. The lowest BCUT2D eigenvalue weighted by Crippen LogP contribution is -2.16. The molecule has 2 aromatic heterocycles. The SMILES string of the molecule is C[Si](C)(C)C#Cc1cn2c(C=O)cnc2cn1. The van der Waals surface area contributed by atoms with Crippen LogP contribution in [0.5, 0.6) is 0 Å². The number of rotatable bonds is 1. The first-order valence-electron chi connectivity index (χ1n) is 5.31. The minimum Gasteiger partial charge on any atom is -0.296 e. The average molecular weight is 243 g/mol. The van der Waals surface area contributed by atoms with E-state index in [9.17, 15) is 4.79 Å². The van der Waals surface area contributed by atoms with Gasteiger partial charge in [0, 0.05) is 6.20 Å². The summed E-state index contributed by atoms with van der Waals surface area (Å²) in [6.07, 6.45) is 5.68. The van der Waals surface area contributed by atoms with Crippen molar-refractivity contribution in [3.63, 3.8) is 0 Å². The third-order valence-electron chi connectivity index (χ3n) is 2.11. The van der Waals surface area contributed by atoms with Crippen LogP contribution in [0.1, 0.15) is 16.2 Å². The summed E-state index contributed by atoms with van der Waals surface area (Å²) in [4.78, 5) is 19.1. The van der Waals surface area contributed by atoms with E-state index in [0.717, 1.165) is 6.29 Å². The van der Waals surface area contributed by atoms with Crippen LogP contribution < -0.4 is 0 Å². The number of nitrogens with zero attached hydrogens (tertiary/aromatic N) is 3. The Labute approximate surface area is 101 Å². The highest BCUT2D eigenvalue weighted by molar-refractivity contribution is 6.83. The maximum Gasteiger partial charge on any atom is 0.168 e. The first kappa shape index (κ1) is 11.5. The van der Waals surface area contributed by atoms with E-state index in [-0.39, 0.29) is 0 Å². The number of hydrogen-bond acceptors (Lipinski definition) is 3. The molecule has 0 saturated carbocycles. The van der Waals surface area contributed by atoms with Crippen LogP contribution in [0.25, 0.3) is 5.65 Å². The van der Waals surface area contributed by atoms with Crippen LogP contribution >= 0.6 is 0 Å². The molecular formula is C12H13N3OSi. The van der Waals surface area contributed by atoms with Gasteiger partial charge in [0.2, 0.25) is 0 Å². The Morgan fingerprint density at radius 3 is 2.71 bits per heavy atom. The van der Waals surface area contributed by atoms with Gasteiger partial charge < -0.3 is 0 Å². The van der Waals surface area contributed by atoms with Crippen LogP contribution in [0.15, 0.2) is 18.6 Å². The molecular weight excluding hydrogens is 230 g/mol. The molecule has 2 aromatic rings. The van der Waals surface area contributed by atoms with Gasteiger partial charge in [-0.1, -0.05) is 25.6 Å². The van der Waals surface area contributed by atoms with E-state index < -0.39 is 8.07 Å². The predicted octanol–water partition coefficient (Wildman–Crippen LogP) is 1.77. The highest BCUT2D eigenvalue weighted by atomic mass is 28.3. The van der Waals surface area contributed by atoms with E-state index >= 15 is 0 Å². The molecule has 5 heteroatoms. The highest BCUT2D eigenvalue weighted by Gasteiger charge is 2.08. The molecule has 0 amide bonds. The smallest absolute Gasteiger partial charge is 0.168 e. The first-order valence-corrected chi connectivity index (χ1v) is 8.81. The molecule has 0 bridgehead atoms. The zero-order valence-electron chi connectivity index (χ0n) is 10.1. The van der Waals surface area contributed by atoms with Gasteiger partial charge in [-0.2, -0.15) is 0 Å². The van der Waals surface area contributed by atoms with Gasteiger partial charge >= 0.3 is 0 Å². The summed E-state index contributed by atoms with van der Waals surface area (Å²) in [6, 6.07) is 0. The number of carbonyl (C=O) groups excluding carboxylic acids is 1. The summed E-state index contributed by atoms with van der Waals surface area (Å²) in [5.41, 5.74) is 5.07. The van der Waals surface area contributed by atoms with Gasteiger partial charge in [0.05, 0.1) is 12.4 Å². The second kappa shape index (κ2) is 4.15. The fourth-order valence-corrected chi connectivity index (χ4v) is 1.81. The Kier molecular flexibility index (Phi) is 2.82. The maximum absolute atomic E-state index is 10.8. The highest BCUT2D eigenvalue weighted by Crippen LogP contribution is 2.05. The van der Waals surface area contributed by atoms with Crippen molar-refractivity contribution < 1.29 is 4.79 Å². The Morgan fingerprint density at radius 2 is 2.06 bits per heavy atom. The first-order chi connectivity index (χ1) is 7.99. The van der Waals surface area contributed by atoms with Crippen molar-refractivity contribution in [3.05, 3.63) is 30.0 Å². The third kappa shape index (κ3) is 2.60. The van der Waals surface area contributed by atoms with E-state index in [2.05, 4.69) is 41.1 Å². The van der Waals surface area contributed by atoms with Crippen molar-refractivity contribution in [2.24, 2.45) is 0 Å². The van der Waals surface area contributed by atoms with E-state index in [0.29, 0.717) is 17.0 Å². The molecule has 86 valence electrons. The van der Waals surface area contributed by atoms with E-state index in [1.165, 1.54) is 6.20 Å². The largest absolute Gasteiger partial charge is 0.296 e. The van der Waals surface area contributed by atoms with Gasteiger partial charge in [-0.3, -0.25) is 9.20 Å². The zero-order valence-corrected chi connectivity index (χ0v) is 11.1. The quantitative estimate of drug-likeness (QED) is 0.436. The van der Waals surface area contributed by atoms with Crippen molar-refractivity contribution in [1.82, 2.24) is 14.4 Å². The topological polar surface area (TPSA) is 47.3 Å². The van der Waals surface area contributed by atoms with Gasteiger partial charge in [-0.05, 0) is 0 Å². The van der Waals surface area contributed by atoms with Crippen LogP contribution in [0, 0.1) is 11.5 Å². The lowest BCUT2D eigenvalue weighted by atomic mass is 10.4. The molecule has 17 heavy (non-hydrogen) atoms. The number of fused-ring (bicyclic) bond motifs is 1. The standard InChI is InChI=1S/C12H13N3OSi/c1-17(2,3)5-4-10-8-15-11(9-16)6-14-12(15)7-13-10/h6-9H,1-3H3. The minimum absolute atomic E-state index is 0.512. The van der Waals surface area contributed by atoms with Crippen LogP contribution in [0.2, 0.25) is 19.6 Å². The summed E-state index contributed by atoms with van der Waals surface area (Å²) in [7, 11) is -1.41. The molecule has 0 aliphatic carbocycles. The monoisotopic (exact) mass is 243 g/mol. The van der Waals surface area contributed by atoms with Gasteiger partial charge in [0.25, 0.3) is 0 Å². The second-order valence-electron chi connectivity index (χ2n) is 4.80. The Balaban J connectivity index is 2.49. The molecule has 0 fully saturated rings. The third-order valence-corrected chi connectivity index (χ3v) is 2.99. The lowest BCUT2D eigenvalue weighted by molar-refractivity contribution is 0.111. The van der Waals surface area contributed by atoms with E-state index in [4.69, 9.17) is 0 Å². The summed E-state index contributed by atoms with van der Waals surface area (Å²) >= 11 is 0. The van der Waals surface area contributed by atoms with E-state index in [1.54, 1.807) is 16.8 Å². The van der Waals surface area contributed by atoms with Gasteiger partial charge in [0.1, 0.15) is 19.5 Å². The second-order valence-corrected chi connectivity index (χ2v) is 9.55. The Hall–Kier alpha value is -1.93. The molecule has 0 spiro atoms. The van der Waals surface area contributed by atoms with Crippen LogP contribution in [0.3, 0.4) is 0 Å². The van der Waals surface area contributed by atoms with E-state index in [1.807, 2.05) is 0 Å². The summed E-state index contributed by atoms with van der Waals surface area (Å²) < 4.78 is 1.70. The zero-order chi connectivity index (χ0) is 12.5. The molecule has 2 rings (SSSR count). The Morgan fingerprint density at radius 1 is 1.29 bits per heavy atom. The summed E-state index contributed by atoms with van der Waals surface area (Å²) in [6.45, 7) is 6.52. The van der Waals surface area contributed by atoms with Crippen LogP contribution in [-0.2, 0) is 0 Å². The van der Waals surface area contributed by atoms with Gasteiger partial charge in [-0.25, -0.2) is 9.97 Å². The number of imidazole rings is 1. The number of hydrogen-bond donors (Lipinski definition) is 0. The van der Waals surface area contributed by atoms with Crippen molar-refractivity contribution in [1.29, 1.82) is 0 Å². The maximum atomic E-state index is 10.8. The average Bonchev–Trinajstić information content (AvgIpc) is 2.67. The molecule has 4 nitrogen and oxygen atoms in total. The molecule has 0 aromatic carbocycles. The molecule has 0 radical (unpaired) electrons. The molecule has 0 atom stereocenters. The van der Waals surface area contributed by atoms with Crippen molar-refractivity contribution in [2.45, 2.75) is 19.6 Å². The Bertz CT molecular complexity index is 628. The van der Waals surface area contributed by atoms with Crippen molar-refractivity contribution >= 4 is 20.0 Å². The fraction of sp³-hybridized carbons (Fsp3) is 0.250. The molecule has 0 unspecified atom stereocenters. The molecule has 0 N–H and O–H groups in total. The van der Waals surface area contributed by atoms with Gasteiger partial charge in [-0.15, -0.1) is 5.54 Å². The number of carbonyl (C=O) groups is 1. The van der Waals surface area contributed by atoms with Crippen molar-refractivity contribution in [2.75, 3.05) is 0 Å². The molecule has 2 heterocycles.